The number of carbonyl (C=O) groups excluding carboxylic acids is 1. The second-order valence-electron chi connectivity index (χ2n) is 7.16. The van der Waals surface area contributed by atoms with Crippen LogP contribution in [0.5, 0.6) is 0 Å². The molecule has 1 aliphatic heterocycles. The molecular weight excluding hydrogens is 398 g/mol. The Labute approximate surface area is 176 Å². The van der Waals surface area contributed by atoms with Crippen LogP contribution in [0.2, 0.25) is 0 Å². The Morgan fingerprint density at radius 3 is 2.37 bits per heavy atom. The average molecular weight is 422 g/mol. The Kier molecular flexibility index (Phi) is 5.83. The highest BCUT2D eigenvalue weighted by Crippen LogP contribution is 2.30. The van der Waals surface area contributed by atoms with Gasteiger partial charge >= 0.3 is 0 Å². The van der Waals surface area contributed by atoms with E-state index in [-0.39, 0.29) is 10.8 Å². The number of rotatable bonds is 6. The molecule has 1 atom stereocenters. The topological polar surface area (TPSA) is 87.3 Å². The average Bonchev–Trinajstić information content (AvgIpc) is 2.77. The summed E-state index contributed by atoms with van der Waals surface area (Å²) in [7, 11) is -3.60. The van der Waals surface area contributed by atoms with E-state index >= 15 is 0 Å². The molecule has 1 heterocycles. The number of anilines is 1. The lowest BCUT2D eigenvalue weighted by atomic mass is 10.1. The molecule has 1 amide bonds. The van der Waals surface area contributed by atoms with Gasteiger partial charge in [0, 0.05) is 12.1 Å². The fourth-order valence-electron chi connectivity index (χ4n) is 3.44. The van der Waals surface area contributed by atoms with E-state index < -0.39 is 16.2 Å². The molecule has 0 bridgehead atoms. The zero-order chi connectivity index (χ0) is 21.0. The zero-order valence-corrected chi connectivity index (χ0v) is 17.2. The predicted octanol–water partition coefficient (Wildman–Crippen LogP) is 3.45. The standard InChI is InChI=1S/C23H23N3O3S/c27-23(24-16-6-9-17-7-2-1-3-8-17)19-14-12-18(13-15-19)22-25-20-10-4-5-11-21(20)30(28,29)26-22/h1-5,7-8,10-15,22,25-26H,6,9,16H2,(H,24,27)/t22-/m0/s1. The summed E-state index contributed by atoms with van der Waals surface area (Å²) in [6.45, 7) is 0.593. The minimum Gasteiger partial charge on any atom is -0.364 e. The van der Waals surface area contributed by atoms with Crippen LogP contribution in [0, 0.1) is 0 Å². The maximum Gasteiger partial charge on any atom is 0.251 e. The van der Waals surface area contributed by atoms with E-state index in [4.69, 9.17) is 0 Å². The van der Waals surface area contributed by atoms with Gasteiger partial charge in [-0.15, -0.1) is 0 Å². The number of aryl methyl sites for hydroxylation is 1. The fourth-order valence-corrected chi connectivity index (χ4v) is 4.75. The molecule has 0 unspecified atom stereocenters. The summed E-state index contributed by atoms with van der Waals surface area (Å²) in [5, 5.41) is 6.11. The maximum atomic E-state index is 12.5. The number of nitrogens with one attached hydrogen (secondary N) is 3. The summed E-state index contributed by atoms with van der Waals surface area (Å²) in [4.78, 5) is 12.6. The van der Waals surface area contributed by atoms with Gasteiger partial charge in [0.1, 0.15) is 11.1 Å². The largest absolute Gasteiger partial charge is 0.364 e. The lowest BCUT2D eigenvalue weighted by Gasteiger charge is -2.28. The molecular formula is C23H23N3O3S. The number of carbonyl (C=O) groups is 1. The number of amides is 1. The number of sulfonamides is 1. The molecule has 0 spiro atoms. The maximum absolute atomic E-state index is 12.5. The molecule has 6 nitrogen and oxygen atoms in total. The van der Waals surface area contributed by atoms with E-state index in [1.807, 2.05) is 18.2 Å². The Morgan fingerprint density at radius 1 is 0.900 bits per heavy atom. The van der Waals surface area contributed by atoms with Gasteiger partial charge in [0.25, 0.3) is 5.91 Å². The Hall–Kier alpha value is -3.16. The number of fused-ring (bicyclic) bond motifs is 1. The molecule has 7 heteroatoms. The van der Waals surface area contributed by atoms with Gasteiger partial charge in [-0.3, -0.25) is 4.79 Å². The summed E-state index contributed by atoms with van der Waals surface area (Å²) in [5.41, 5.74) is 3.08. The summed E-state index contributed by atoms with van der Waals surface area (Å²) in [6, 6.07) is 23.9. The van der Waals surface area contributed by atoms with Crippen molar-refractivity contribution in [1.82, 2.24) is 10.0 Å². The molecule has 3 N–H and O–H groups in total. The van der Waals surface area contributed by atoms with Crippen LogP contribution in [0.15, 0.2) is 83.8 Å². The van der Waals surface area contributed by atoms with E-state index in [2.05, 4.69) is 27.5 Å². The molecule has 30 heavy (non-hydrogen) atoms. The van der Waals surface area contributed by atoms with Crippen LogP contribution < -0.4 is 15.4 Å². The van der Waals surface area contributed by atoms with Gasteiger partial charge in [-0.2, -0.15) is 4.72 Å². The van der Waals surface area contributed by atoms with E-state index in [1.165, 1.54) is 5.56 Å². The van der Waals surface area contributed by atoms with Gasteiger partial charge in [0.2, 0.25) is 10.0 Å². The van der Waals surface area contributed by atoms with Gasteiger partial charge in [-0.25, -0.2) is 8.42 Å². The Bertz CT molecular complexity index is 1130. The van der Waals surface area contributed by atoms with Crippen LogP contribution in [-0.4, -0.2) is 20.9 Å². The summed E-state index contributed by atoms with van der Waals surface area (Å²) < 4.78 is 27.6. The van der Waals surface area contributed by atoms with Gasteiger partial charge in [0.05, 0.1) is 5.69 Å². The minimum atomic E-state index is -3.60. The third-order valence-electron chi connectivity index (χ3n) is 5.03. The van der Waals surface area contributed by atoms with Crippen LogP contribution >= 0.6 is 0 Å². The molecule has 0 aliphatic carbocycles. The van der Waals surface area contributed by atoms with Crippen LogP contribution in [0.3, 0.4) is 0 Å². The van der Waals surface area contributed by atoms with Crippen molar-refractivity contribution in [2.75, 3.05) is 11.9 Å². The van der Waals surface area contributed by atoms with Crippen LogP contribution in [0.25, 0.3) is 0 Å². The second kappa shape index (κ2) is 8.69. The van der Waals surface area contributed by atoms with Crippen molar-refractivity contribution >= 4 is 21.6 Å². The van der Waals surface area contributed by atoms with Crippen molar-refractivity contribution < 1.29 is 13.2 Å². The Morgan fingerprint density at radius 2 is 1.60 bits per heavy atom. The first-order valence-corrected chi connectivity index (χ1v) is 11.3. The van der Waals surface area contributed by atoms with Gasteiger partial charge in [-0.1, -0.05) is 54.6 Å². The third kappa shape index (κ3) is 4.53. The van der Waals surface area contributed by atoms with Crippen molar-refractivity contribution in [2.24, 2.45) is 0 Å². The van der Waals surface area contributed by atoms with Gasteiger partial charge in [0.15, 0.2) is 0 Å². The van der Waals surface area contributed by atoms with Crippen molar-refractivity contribution in [3.63, 3.8) is 0 Å². The summed E-state index contributed by atoms with van der Waals surface area (Å²) in [6.07, 6.45) is 1.18. The molecule has 154 valence electrons. The molecule has 0 saturated carbocycles. The highest BCUT2D eigenvalue weighted by molar-refractivity contribution is 7.89. The van der Waals surface area contributed by atoms with Crippen LogP contribution in [-0.2, 0) is 16.4 Å². The molecule has 0 fully saturated rings. The first-order valence-electron chi connectivity index (χ1n) is 9.83. The molecule has 4 rings (SSSR count). The predicted molar refractivity (Wildman–Crippen MR) is 117 cm³/mol. The molecule has 3 aromatic rings. The monoisotopic (exact) mass is 421 g/mol. The zero-order valence-electron chi connectivity index (χ0n) is 16.3. The van der Waals surface area contributed by atoms with E-state index in [0.29, 0.717) is 17.8 Å². The molecule has 3 aromatic carbocycles. The lowest BCUT2D eigenvalue weighted by molar-refractivity contribution is 0.0953. The first kappa shape index (κ1) is 20.1. The highest BCUT2D eigenvalue weighted by Gasteiger charge is 2.29. The molecule has 0 aromatic heterocycles. The molecule has 0 saturated heterocycles. The van der Waals surface area contributed by atoms with Gasteiger partial charge < -0.3 is 10.6 Å². The normalized spacial score (nSPS) is 16.9. The van der Waals surface area contributed by atoms with E-state index in [0.717, 1.165) is 18.4 Å². The van der Waals surface area contributed by atoms with Crippen molar-refractivity contribution in [3.8, 4) is 0 Å². The summed E-state index contributed by atoms with van der Waals surface area (Å²) in [5.74, 6) is -0.142. The summed E-state index contributed by atoms with van der Waals surface area (Å²) >= 11 is 0. The quantitative estimate of drug-likeness (QED) is 0.532. The number of benzene rings is 3. The number of hydrogen-bond donors (Lipinski definition) is 3. The Balaban J connectivity index is 1.35. The minimum absolute atomic E-state index is 0.142. The van der Waals surface area contributed by atoms with Gasteiger partial charge in [-0.05, 0) is 48.2 Å². The van der Waals surface area contributed by atoms with E-state index in [1.54, 1.807) is 48.5 Å². The van der Waals surface area contributed by atoms with Crippen molar-refractivity contribution in [3.05, 3.63) is 95.6 Å². The van der Waals surface area contributed by atoms with Crippen LogP contribution in [0.4, 0.5) is 5.69 Å². The fraction of sp³-hybridized carbons (Fsp3) is 0.174. The van der Waals surface area contributed by atoms with E-state index in [9.17, 15) is 13.2 Å². The molecule has 1 aliphatic rings. The second-order valence-corrected chi connectivity index (χ2v) is 8.84. The lowest BCUT2D eigenvalue weighted by Crippen LogP contribution is -2.38. The van der Waals surface area contributed by atoms with Crippen molar-refractivity contribution in [1.29, 1.82) is 0 Å². The number of para-hydroxylation sites is 1. The highest BCUT2D eigenvalue weighted by atomic mass is 32.2. The van der Waals surface area contributed by atoms with Crippen LogP contribution in [0.1, 0.15) is 34.1 Å². The SMILES string of the molecule is O=C(NCCCc1ccccc1)c1ccc([C@H]2Nc3ccccc3S(=O)(=O)N2)cc1. The smallest absolute Gasteiger partial charge is 0.251 e. The first-order chi connectivity index (χ1) is 14.5. The van der Waals surface area contributed by atoms with Crippen molar-refractivity contribution in [2.45, 2.75) is 23.9 Å². The molecule has 0 radical (unpaired) electrons. The third-order valence-corrected chi connectivity index (χ3v) is 6.51. The number of hydrogen-bond acceptors (Lipinski definition) is 4.